The van der Waals surface area contributed by atoms with Gasteiger partial charge >= 0.3 is 11.9 Å². The number of carbonyl (C=O) groups excluding carboxylic acids is 2. The first kappa shape index (κ1) is 30.4. The van der Waals surface area contributed by atoms with E-state index < -0.39 is 11.9 Å². The second kappa shape index (κ2) is 12.5. The standard InChI is InChI=1S/C36H38O6/c1-24(2)39-29-16-8-25(9-17-29)33(37)40-30-20-12-27(13-21-30)36(6,7)28-14-22-31(23-15-28)41-34(38)26-10-18-32(19-11-26)42-35(3,4)5/h8-24H,1-7H3. The molecule has 218 valence electrons. The quantitative estimate of drug-likeness (QED) is 0.150. The maximum atomic E-state index is 12.7. The highest BCUT2D eigenvalue weighted by Gasteiger charge is 2.24. The average Bonchev–Trinajstić information content (AvgIpc) is 2.93. The first-order valence-corrected chi connectivity index (χ1v) is 14.0. The second-order valence-corrected chi connectivity index (χ2v) is 11.9. The van der Waals surface area contributed by atoms with Crippen LogP contribution in [0.15, 0.2) is 97.1 Å². The van der Waals surface area contributed by atoms with Crippen LogP contribution >= 0.6 is 0 Å². The monoisotopic (exact) mass is 566 g/mol. The molecule has 0 radical (unpaired) electrons. The third kappa shape index (κ3) is 8.00. The van der Waals surface area contributed by atoms with Gasteiger partial charge in [-0.05, 0) is 119 Å². The van der Waals surface area contributed by atoms with Crippen molar-refractivity contribution in [3.05, 3.63) is 119 Å². The zero-order valence-electron chi connectivity index (χ0n) is 25.3. The Morgan fingerprint density at radius 3 is 1.24 bits per heavy atom. The molecule has 0 N–H and O–H groups in total. The van der Waals surface area contributed by atoms with Crippen molar-refractivity contribution in [2.45, 2.75) is 65.6 Å². The Morgan fingerprint density at radius 1 is 0.524 bits per heavy atom. The zero-order valence-corrected chi connectivity index (χ0v) is 25.3. The molecule has 0 unspecified atom stereocenters. The maximum absolute atomic E-state index is 12.7. The molecule has 42 heavy (non-hydrogen) atoms. The summed E-state index contributed by atoms with van der Waals surface area (Å²) in [5.74, 6) is 1.45. The minimum atomic E-state index is -0.436. The van der Waals surface area contributed by atoms with Gasteiger partial charge in [-0.25, -0.2) is 9.59 Å². The van der Waals surface area contributed by atoms with Crippen LogP contribution in [0.4, 0.5) is 0 Å². The van der Waals surface area contributed by atoms with E-state index in [4.69, 9.17) is 18.9 Å². The number of carbonyl (C=O) groups is 2. The molecule has 0 fully saturated rings. The Labute approximate surface area is 248 Å². The Balaban J connectivity index is 1.37. The predicted octanol–water partition coefficient (Wildman–Crippen LogP) is 8.42. The summed E-state index contributed by atoms with van der Waals surface area (Å²) in [5, 5.41) is 0. The summed E-state index contributed by atoms with van der Waals surface area (Å²) < 4.78 is 22.6. The average molecular weight is 567 g/mol. The van der Waals surface area contributed by atoms with Crippen LogP contribution in [0.2, 0.25) is 0 Å². The lowest BCUT2D eigenvalue weighted by Crippen LogP contribution is -2.22. The van der Waals surface area contributed by atoms with Crippen molar-refractivity contribution in [3.63, 3.8) is 0 Å². The van der Waals surface area contributed by atoms with E-state index in [2.05, 4.69) is 13.8 Å². The highest BCUT2D eigenvalue weighted by Crippen LogP contribution is 2.33. The van der Waals surface area contributed by atoms with E-state index >= 15 is 0 Å². The Kier molecular flexibility index (Phi) is 9.05. The maximum Gasteiger partial charge on any atom is 0.343 e. The molecule has 0 aromatic heterocycles. The van der Waals surface area contributed by atoms with Gasteiger partial charge in [-0.15, -0.1) is 0 Å². The van der Waals surface area contributed by atoms with Gasteiger partial charge in [0.15, 0.2) is 0 Å². The zero-order chi connectivity index (χ0) is 30.5. The summed E-state index contributed by atoms with van der Waals surface area (Å²) in [6.45, 7) is 14.0. The van der Waals surface area contributed by atoms with E-state index in [0.717, 1.165) is 11.1 Å². The molecule has 6 nitrogen and oxygen atoms in total. The van der Waals surface area contributed by atoms with Gasteiger partial charge in [-0.2, -0.15) is 0 Å². The minimum absolute atomic E-state index is 0.0595. The largest absolute Gasteiger partial charge is 0.491 e. The predicted molar refractivity (Wildman–Crippen MR) is 164 cm³/mol. The lowest BCUT2D eigenvalue weighted by molar-refractivity contribution is 0.0725. The highest BCUT2D eigenvalue weighted by atomic mass is 16.5. The highest BCUT2D eigenvalue weighted by molar-refractivity contribution is 5.91. The number of ether oxygens (including phenoxy) is 4. The summed E-state index contributed by atoms with van der Waals surface area (Å²) in [6, 6.07) is 28.8. The molecule has 0 spiro atoms. The van der Waals surface area contributed by atoms with Crippen LogP contribution in [0.3, 0.4) is 0 Å². The number of esters is 2. The summed E-state index contributed by atoms with van der Waals surface area (Å²) in [5.41, 5.74) is 2.31. The molecule has 4 rings (SSSR count). The van der Waals surface area contributed by atoms with Crippen molar-refractivity contribution in [1.82, 2.24) is 0 Å². The molecule has 0 amide bonds. The Morgan fingerprint density at radius 2 is 0.881 bits per heavy atom. The van der Waals surface area contributed by atoms with Crippen molar-refractivity contribution in [2.24, 2.45) is 0 Å². The molecule has 0 atom stereocenters. The first-order chi connectivity index (χ1) is 19.8. The first-order valence-electron chi connectivity index (χ1n) is 14.0. The van der Waals surface area contributed by atoms with Gasteiger partial charge in [0.2, 0.25) is 0 Å². The molecule has 0 aliphatic heterocycles. The second-order valence-electron chi connectivity index (χ2n) is 11.9. The third-order valence-electron chi connectivity index (χ3n) is 6.55. The van der Waals surface area contributed by atoms with Crippen LogP contribution in [-0.4, -0.2) is 23.6 Å². The summed E-state index contributed by atoms with van der Waals surface area (Å²) in [4.78, 5) is 25.3. The van der Waals surface area contributed by atoms with Crippen molar-refractivity contribution in [1.29, 1.82) is 0 Å². The smallest absolute Gasteiger partial charge is 0.343 e. The van der Waals surface area contributed by atoms with Crippen LogP contribution in [0.1, 0.15) is 80.3 Å². The van der Waals surface area contributed by atoms with Crippen LogP contribution in [0.25, 0.3) is 0 Å². The van der Waals surface area contributed by atoms with Gasteiger partial charge in [0.25, 0.3) is 0 Å². The molecular weight excluding hydrogens is 528 g/mol. The number of hydrogen-bond donors (Lipinski definition) is 0. The van der Waals surface area contributed by atoms with Crippen molar-refractivity contribution >= 4 is 11.9 Å². The van der Waals surface area contributed by atoms with Gasteiger partial charge in [0.1, 0.15) is 28.6 Å². The van der Waals surface area contributed by atoms with Crippen LogP contribution < -0.4 is 18.9 Å². The van der Waals surface area contributed by atoms with Crippen LogP contribution in [0.5, 0.6) is 23.0 Å². The van der Waals surface area contributed by atoms with Crippen molar-refractivity contribution in [3.8, 4) is 23.0 Å². The Hall–Kier alpha value is -4.58. The lowest BCUT2D eigenvalue weighted by Gasteiger charge is -2.26. The minimum Gasteiger partial charge on any atom is -0.491 e. The summed E-state index contributed by atoms with van der Waals surface area (Å²) in [7, 11) is 0. The molecule has 0 aliphatic carbocycles. The van der Waals surface area contributed by atoms with E-state index in [9.17, 15) is 9.59 Å². The van der Waals surface area contributed by atoms with Gasteiger partial charge in [0, 0.05) is 5.41 Å². The molecule has 0 bridgehead atoms. The lowest BCUT2D eigenvalue weighted by atomic mass is 9.78. The Bertz CT molecular complexity index is 1490. The fraction of sp³-hybridized carbons (Fsp3) is 0.278. The normalized spacial score (nSPS) is 11.6. The molecule has 0 saturated heterocycles. The van der Waals surface area contributed by atoms with Crippen LogP contribution in [0, 0.1) is 0 Å². The van der Waals surface area contributed by atoms with E-state index in [-0.39, 0.29) is 17.1 Å². The summed E-state index contributed by atoms with van der Waals surface area (Å²) >= 11 is 0. The number of hydrogen-bond acceptors (Lipinski definition) is 6. The fourth-order valence-corrected chi connectivity index (χ4v) is 4.33. The van der Waals surface area contributed by atoms with E-state index in [1.807, 2.05) is 58.9 Å². The molecule has 4 aromatic carbocycles. The topological polar surface area (TPSA) is 71.1 Å². The molecule has 0 heterocycles. The molecule has 6 heteroatoms. The summed E-state index contributed by atoms with van der Waals surface area (Å²) in [6.07, 6.45) is 0.0595. The van der Waals surface area contributed by atoms with Gasteiger partial charge in [-0.3, -0.25) is 0 Å². The SMILES string of the molecule is CC(C)Oc1ccc(C(=O)Oc2ccc(C(C)(C)c3ccc(OC(=O)c4ccc(OC(C)(C)C)cc4)cc3)cc2)cc1. The van der Waals surface area contributed by atoms with Gasteiger partial charge in [-0.1, -0.05) is 38.1 Å². The number of rotatable bonds is 9. The van der Waals surface area contributed by atoms with Crippen LogP contribution in [-0.2, 0) is 5.41 Å². The van der Waals surface area contributed by atoms with Gasteiger partial charge < -0.3 is 18.9 Å². The molecule has 4 aromatic rings. The number of benzene rings is 4. The van der Waals surface area contributed by atoms with Crippen molar-refractivity contribution in [2.75, 3.05) is 0 Å². The van der Waals surface area contributed by atoms with E-state index in [1.165, 1.54) is 0 Å². The van der Waals surface area contributed by atoms with E-state index in [0.29, 0.717) is 34.1 Å². The fourth-order valence-electron chi connectivity index (χ4n) is 4.33. The third-order valence-corrected chi connectivity index (χ3v) is 6.55. The van der Waals surface area contributed by atoms with Crippen molar-refractivity contribution < 1.29 is 28.5 Å². The van der Waals surface area contributed by atoms with Gasteiger partial charge in [0.05, 0.1) is 17.2 Å². The molecular formula is C36H38O6. The molecule has 0 saturated carbocycles. The van der Waals surface area contributed by atoms with E-state index in [1.54, 1.807) is 72.8 Å². The molecule has 0 aliphatic rings.